The summed E-state index contributed by atoms with van der Waals surface area (Å²) in [6.07, 6.45) is 11.1. The largest absolute Gasteiger partial charge is 0.338 e. The zero-order chi connectivity index (χ0) is 13.9. The van der Waals surface area contributed by atoms with Gasteiger partial charge in [-0.2, -0.15) is 0 Å². The molecule has 5 nitrogen and oxygen atoms in total. The molecule has 0 spiro atoms. The van der Waals surface area contributed by atoms with Crippen molar-refractivity contribution >= 4 is 6.03 Å². The SMILES string of the molecule is CCCCC[C@@H](C)NC(=O)NCCCn1ccnc1. The molecule has 19 heavy (non-hydrogen) atoms. The fourth-order valence-corrected chi connectivity index (χ4v) is 1.93. The monoisotopic (exact) mass is 266 g/mol. The summed E-state index contributed by atoms with van der Waals surface area (Å²) < 4.78 is 2.01. The van der Waals surface area contributed by atoms with E-state index in [9.17, 15) is 4.79 Å². The molecule has 2 amide bonds. The molecule has 2 N–H and O–H groups in total. The summed E-state index contributed by atoms with van der Waals surface area (Å²) in [5.41, 5.74) is 0. The Morgan fingerprint density at radius 2 is 2.21 bits per heavy atom. The highest BCUT2D eigenvalue weighted by Crippen LogP contribution is 2.02. The average molecular weight is 266 g/mol. The number of hydrogen-bond acceptors (Lipinski definition) is 2. The second-order valence-electron chi connectivity index (χ2n) is 4.95. The fraction of sp³-hybridized carbons (Fsp3) is 0.714. The van der Waals surface area contributed by atoms with Crippen LogP contribution in [0.25, 0.3) is 0 Å². The summed E-state index contributed by atoms with van der Waals surface area (Å²) in [4.78, 5) is 15.6. The van der Waals surface area contributed by atoms with Gasteiger partial charge < -0.3 is 15.2 Å². The summed E-state index contributed by atoms with van der Waals surface area (Å²) in [6, 6.07) is 0.190. The number of nitrogens with one attached hydrogen (secondary N) is 2. The summed E-state index contributed by atoms with van der Waals surface area (Å²) in [5.74, 6) is 0. The van der Waals surface area contributed by atoms with Gasteiger partial charge in [0.2, 0.25) is 0 Å². The Morgan fingerprint density at radius 1 is 1.37 bits per heavy atom. The first-order valence-corrected chi connectivity index (χ1v) is 7.22. The van der Waals surface area contributed by atoms with Crippen LogP contribution in [0.3, 0.4) is 0 Å². The van der Waals surface area contributed by atoms with Crippen LogP contribution >= 0.6 is 0 Å². The topological polar surface area (TPSA) is 59.0 Å². The van der Waals surface area contributed by atoms with E-state index in [4.69, 9.17) is 0 Å². The van der Waals surface area contributed by atoms with Gasteiger partial charge in [-0.25, -0.2) is 9.78 Å². The smallest absolute Gasteiger partial charge is 0.314 e. The molecule has 0 bridgehead atoms. The van der Waals surface area contributed by atoms with Gasteiger partial charge in [0.05, 0.1) is 6.33 Å². The van der Waals surface area contributed by atoms with Crippen molar-refractivity contribution in [1.29, 1.82) is 0 Å². The van der Waals surface area contributed by atoms with Crippen LogP contribution in [0.1, 0.15) is 46.0 Å². The van der Waals surface area contributed by atoms with Gasteiger partial charge in [-0.1, -0.05) is 26.2 Å². The maximum absolute atomic E-state index is 11.6. The van der Waals surface area contributed by atoms with Crippen molar-refractivity contribution in [3.05, 3.63) is 18.7 Å². The maximum atomic E-state index is 11.6. The number of imidazole rings is 1. The molecular formula is C14H26N4O. The zero-order valence-electron chi connectivity index (χ0n) is 12.1. The molecule has 1 aromatic heterocycles. The third-order valence-corrected chi connectivity index (χ3v) is 3.06. The lowest BCUT2D eigenvalue weighted by Gasteiger charge is -2.14. The minimum atomic E-state index is -0.0605. The summed E-state index contributed by atoms with van der Waals surface area (Å²) in [7, 11) is 0. The molecule has 5 heteroatoms. The molecule has 0 saturated heterocycles. The molecule has 0 saturated carbocycles. The Bertz CT molecular complexity index is 337. The number of urea groups is 1. The standard InChI is InChI=1S/C14H26N4O/c1-3-4-5-7-13(2)17-14(19)16-8-6-10-18-11-9-15-12-18/h9,11-13H,3-8,10H2,1-2H3,(H2,16,17,19)/t13-/m1/s1. The fourth-order valence-electron chi connectivity index (χ4n) is 1.93. The Hall–Kier alpha value is -1.52. The highest BCUT2D eigenvalue weighted by atomic mass is 16.2. The lowest BCUT2D eigenvalue weighted by atomic mass is 10.1. The third kappa shape index (κ3) is 7.49. The van der Waals surface area contributed by atoms with Gasteiger partial charge in [0.15, 0.2) is 0 Å². The molecule has 0 unspecified atom stereocenters. The van der Waals surface area contributed by atoms with E-state index in [-0.39, 0.29) is 12.1 Å². The third-order valence-electron chi connectivity index (χ3n) is 3.06. The lowest BCUT2D eigenvalue weighted by molar-refractivity contribution is 0.236. The molecule has 0 aromatic carbocycles. The van der Waals surface area contributed by atoms with Gasteiger partial charge in [0.25, 0.3) is 0 Å². The molecule has 1 heterocycles. The number of aryl methyl sites for hydroxylation is 1. The summed E-state index contributed by atoms with van der Waals surface area (Å²) in [5, 5.41) is 5.85. The maximum Gasteiger partial charge on any atom is 0.314 e. The number of carbonyl (C=O) groups excluding carboxylic acids is 1. The molecule has 108 valence electrons. The van der Waals surface area contributed by atoms with Crippen molar-refractivity contribution in [3.63, 3.8) is 0 Å². The van der Waals surface area contributed by atoms with Gasteiger partial charge >= 0.3 is 6.03 Å². The Kier molecular flexibility index (Phi) is 7.70. The Labute approximate surface area is 115 Å². The molecule has 0 aliphatic carbocycles. The number of amides is 2. The van der Waals surface area contributed by atoms with Gasteiger partial charge in [-0.15, -0.1) is 0 Å². The van der Waals surface area contributed by atoms with E-state index in [0.717, 1.165) is 19.4 Å². The number of rotatable bonds is 9. The second-order valence-corrected chi connectivity index (χ2v) is 4.95. The first kappa shape index (κ1) is 15.5. The number of hydrogen-bond donors (Lipinski definition) is 2. The van der Waals surface area contributed by atoms with Crippen LogP contribution in [-0.2, 0) is 6.54 Å². The first-order valence-electron chi connectivity index (χ1n) is 7.22. The van der Waals surface area contributed by atoms with E-state index in [1.54, 1.807) is 12.5 Å². The van der Waals surface area contributed by atoms with Crippen molar-refractivity contribution in [2.75, 3.05) is 6.54 Å². The second kappa shape index (κ2) is 9.42. The highest BCUT2D eigenvalue weighted by Gasteiger charge is 2.05. The number of carbonyl (C=O) groups is 1. The predicted molar refractivity (Wildman–Crippen MR) is 77.0 cm³/mol. The minimum absolute atomic E-state index is 0.0605. The van der Waals surface area contributed by atoms with E-state index in [0.29, 0.717) is 6.54 Å². The lowest BCUT2D eigenvalue weighted by Crippen LogP contribution is -2.41. The average Bonchev–Trinajstić information content (AvgIpc) is 2.88. The van der Waals surface area contributed by atoms with Gasteiger partial charge in [-0.3, -0.25) is 0 Å². The molecule has 0 fully saturated rings. The summed E-state index contributed by atoms with van der Waals surface area (Å²) in [6.45, 7) is 5.81. The highest BCUT2D eigenvalue weighted by molar-refractivity contribution is 5.74. The first-order chi connectivity index (χ1) is 9.22. The van der Waals surface area contributed by atoms with Crippen LogP contribution < -0.4 is 10.6 Å². The Balaban J connectivity index is 2.01. The minimum Gasteiger partial charge on any atom is -0.338 e. The summed E-state index contributed by atoms with van der Waals surface area (Å²) >= 11 is 0. The van der Waals surface area contributed by atoms with Crippen LogP contribution in [0.2, 0.25) is 0 Å². The van der Waals surface area contributed by atoms with Crippen LogP contribution in [0.5, 0.6) is 0 Å². The molecule has 0 radical (unpaired) electrons. The molecular weight excluding hydrogens is 240 g/mol. The van der Waals surface area contributed by atoms with E-state index in [1.165, 1.54) is 19.3 Å². The quantitative estimate of drug-likeness (QED) is 0.675. The van der Waals surface area contributed by atoms with E-state index < -0.39 is 0 Å². The van der Waals surface area contributed by atoms with Crippen LogP contribution in [0.15, 0.2) is 18.7 Å². The van der Waals surface area contributed by atoms with Crippen LogP contribution in [0, 0.1) is 0 Å². The predicted octanol–water partition coefficient (Wildman–Crippen LogP) is 2.54. The van der Waals surface area contributed by atoms with E-state index in [2.05, 4.69) is 29.5 Å². The Morgan fingerprint density at radius 3 is 2.89 bits per heavy atom. The van der Waals surface area contributed by atoms with Gasteiger partial charge in [-0.05, 0) is 19.8 Å². The van der Waals surface area contributed by atoms with E-state index >= 15 is 0 Å². The van der Waals surface area contributed by atoms with Crippen molar-refractivity contribution in [1.82, 2.24) is 20.2 Å². The normalized spacial score (nSPS) is 12.1. The molecule has 1 atom stereocenters. The number of aromatic nitrogens is 2. The van der Waals surface area contributed by atoms with Crippen molar-refractivity contribution in [2.45, 2.75) is 58.5 Å². The van der Waals surface area contributed by atoms with Crippen LogP contribution in [0.4, 0.5) is 4.79 Å². The molecule has 1 rings (SSSR count). The van der Waals surface area contributed by atoms with E-state index in [1.807, 2.05) is 10.8 Å². The molecule has 0 aliphatic rings. The number of nitrogens with zero attached hydrogens (tertiary/aromatic N) is 2. The van der Waals surface area contributed by atoms with Crippen molar-refractivity contribution < 1.29 is 4.79 Å². The molecule has 1 aromatic rings. The zero-order valence-corrected chi connectivity index (χ0v) is 12.1. The van der Waals surface area contributed by atoms with Crippen molar-refractivity contribution in [3.8, 4) is 0 Å². The van der Waals surface area contributed by atoms with Gasteiger partial charge in [0, 0.05) is 31.5 Å². The van der Waals surface area contributed by atoms with Crippen LogP contribution in [-0.4, -0.2) is 28.2 Å². The van der Waals surface area contributed by atoms with Gasteiger partial charge in [0.1, 0.15) is 0 Å². The van der Waals surface area contributed by atoms with Crippen molar-refractivity contribution in [2.24, 2.45) is 0 Å². The molecule has 0 aliphatic heterocycles. The number of unbranched alkanes of at least 4 members (excludes halogenated alkanes) is 2.